The molecule has 3 rings (SSSR count). The van der Waals surface area contributed by atoms with Crippen LogP contribution in [0.25, 0.3) is 0 Å². The van der Waals surface area contributed by atoms with E-state index >= 15 is 0 Å². The highest BCUT2D eigenvalue weighted by molar-refractivity contribution is 5.89. The van der Waals surface area contributed by atoms with E-state index in [9.17, 15) is 4.79 Å². The predicted octanol–water partition coefficient (Wildman–Crippen LogP) is 3.97. The van der Waals surface area contributed by atoms with Gasteiger partial charge in [-0.2, -0.15) is 0 Å². The van der Waals surface area contributed by atoms with Gasteiger partial charge in [-0.1, -0.05) is 13.0 Å². The molecule has 1 fully saturated rings. The molecule has 1 heterocycles. The third-order valence-corrected chi connectivity index (χ3v) is 4.71. The molecule has 1 aromatic carbocycles. The highest BCUT2D eigenvalue weighted by Gasteiger charge is 2.25. The van der Waals surface area contributed by atoms with Crippen LogP contribution >= 0.6 is 0 Å². The van der Waals surface area contributed by atoms with Gasteiger partial charge in [0.1, 0.15) is 0 Å². The summed E-state index contributed by atoms with van der Waals surface area (Å²) in [6, 6.07) is 6.87. The van der Waals surface area contributed by atoms with Gasteiger partial charge in [-0.25, -0.2) is 4.79 Å². The zero-order valence-corrected chi connectivity index (χ0v) is 12.3. The van der Waals surface area contributed by atoms with Crippen LogP contribution in [0.4, 0.5) is 10.5 Å². The van der Waals surface area contributed by atoms with Crippen LogP contribution in [0.15, 0.2) is 18.2 Å². The first kappa shape index (κ1) is 13.5. The van der Waals surface area contributed by atoms with Crippen LogP contribution in [0.1, 0.15) is 50.2 Å². The maximum atomic E-state index is 12.5. The van der Waals surface area contributed by atoms with Gasteiger partial charge in [-0.3, -0.25) is 0 Å². The number of hydrogen-bond acceptors (Lipinski definition) is 1. The van der Waals surface area contributed by atoms with Crippen LogP contribution in [0.3, 0.4) is 0 Å². The Morgan fingerprint density at radius 2 is 2.10 bits per heavy atom. The molecule has 0 radical (unpaired) electrons. The fourth-order valence-electron chi connectivity index (χ4n) is 3.54. The van der Waals surface area contributed by atoms with E-state index < -0.39 is 0 Å². The molecular weight excluding hydrogens is 248 g/mol. The number of anilines is 1. The lowest BCUT2D eigenvalue weighted by atomic mass is 10.0. The minimum absolute atomic E-state index is 0.0782. The first-order valence-electron chi connectivity index (χ1n) is 7.97. The Labute approximate surface area is 121 Å². The van der Waals surface area contributed by atoms with Crippen molar-refractivity contribution in [3.8, 4) is 0 Å². The van der Waals surface area contributed by atoms with Crippen molar-refractivity contribution >= 4 is 11.7 Å². The quantitative estimate of drug-likeness (QED) is 0.868. The van der Waals surface area contributed by atoms with Gasteiger partial charge < -0.3 is 10.2 Å². The number of urea groups is 1. The molecule has 1 saturated heterocycles. The summed E-state index contributed by atoms with van der Waals surface area (Å²) in [6.07, 6.45) is 8.17. The topological polar surface area (TPSA) is 32.3 Å². The summed E-state index contributed by atoms with van der Waals surface area (Å²) in [7, 11) is 0. The van der Waals surface area contributed by atoms with Crippen molar-refractivity contribution in [3.63, 3.8) is 0 Å². The van der Waals surface area contributed by atoms with Crippen molar-refractivity contribution in [2.24, 2.45) is 0 Å². The Balaban J connectivity index is 1.69. The number of aryl methyl sites for hydroxylation is 2. The molecule has 1 aliphatic carbocycles. The molecular formula is C17H24N2O. The van der Waals surface area contributed by atoms with Gasteiger partial charge in [-0.15, -0.1) is 0 Å². The van der Waals surface area contributed by atoms with Crippen molar-refractivity contribution in [3.05, 3.63) is 29.3 Å². The average Bonchev–Trinajstić information content (AvgIpc) is 2.94. The molecule has 2 aliphatic rings. The third-order valence-electron chi connectivity index (χ3n) is 4.71. The summed E-state index contributed by atoms with van der Waals surface area (Å²) in [5.74, 6) is 0. The summed E-state index contributed by atoms with van der Waals surface area (Å²) < 4.78 is 0. The van der Waals surface area contributed by atoms with E-state index in [2.05, 4.69) is 24.4 Å². The maximum absolute atomic E-state index is 12.5. The minimum Gasteiger partial charge on any atom is -0.322 e. The number of piperidine rings is 1. The molecule has 108 valence electrons. The molecule has 3 nitrogen and oxygen atoms in total. The zero-order valence-electron chi connectivity index (χ0n) is 12.3. The Bertz CT molecular complexity index is 498. The molecule has 0 bridgehead atoms. The molecule has 1 N–H and O–H groups in total. The van der Waals surface area contributed by atoms with Crippen LogP contribution < -0.4 is 5.32 Å². The smallest absolute Gasteiger partial charge is 0.322 e. The molecule has 0 spiro atoms. The largest absolute Gasteiger partial charge is 0.322 e. The van der Waals surface area contributed by atoms with Gasteiger partial charge in [0, 0.05) is 18.3 Å². The lowest BCUT2D eigenvalue weighted by molar-refractivity contribution is 0.160. The monoisotopic (exact) mass is 272 g/mol. The Morgan fingerprint density at radius 1 is 1.25 bits per heavy atom. The fraction of sp³-hybridized carbons (Fsp3) is 0.588. The number of fused-ring (bicyclic) bond motifs is 1. The molecule has 0 unspecified atom stereocenters. The second kappa shape index (κ2) is 5.86. The fourth-order valence-corrected chi connectivity index (χ4v) is 3.54. The Kier molecular flexibility index (Phi) is 3.95. The van der Waals surface area contributed by atoms with Crippen LogP contribution in [-0.2, 0) is 12.8 Å². The average molecular weight is 272 g/mol. The summed E-state index contributed by atoms with van der Waals surface area (Å²) in [5.41, 5.74) is 3.82. The maximum Gasteiger partial charge on any atom is 0.322 e. The minimum atomic E-state index is 0.0782. The van der Waals surface area contributed by atoms with Gasteiger partial charge in [-0.05, 0) is 68.2 Å². The third kappa shape index (κ3) is 2.67. The number of benzene rings is 1. The summed E-state index contributed by atoms with van der Waals surface area (Å²) in [4.78, 5) is 14.5. The first-order chi connectivity index (χ1) is 9.78. The van der Waals surface area contributed by atoms with E-state index in [-0.39, 0.29) is 6.03 Å². The molecule has 20 heavy (non-hydrogen) atoms. The van der Waals surface area contributed by atoms with Crippen LogP contribution in [0.5, 0.6) is 0 Å². The van der Waals surface area contributed by atoms with Crippen LogP contribution in [0.2, 0.25) is 0 Å². The number of amides is 2. The molecule has 1 atom stereocenters. The Morgan fingerprint density at radius 3 is 2.95 bits per heavy atom. The van der Waals surface area contributed by atoms with Gasteiger partial charge in [0.15, 0.2) is 0 Å². The number of hydrogen-bond donors (Lipinski definition) is 1. The van der Waals surface area contributed by atoms with Gasteiger partial charge in [0.25, 0.3) is 0 Å². The van der Waals surface area contributed by atoms with Crippen LogP contribution in [0, 0.1) is 0 Å². The Hall–Kier alpha value is -1.51. The van der Waals surface area contributed by atoms with Crippen molar-refractivity contribution < 1.29 is 4.79 Å². The molecule has 3 heteroatoms. The predicted molar refractivity (Wildman–Crippen MR) is 82.1 cm³/mol. The number of carbonyl (C=O) groups is 1. The van der Waals surface area contributed by atoms with E-state index in [0.717, 1.165) is 37.9 Å². The standard InChI is InChI=1S/C17H24N2O/c1-2-16-8-3-4-11-19(16)17(20)18-15-10-9-13-6-5-7-14(13)12-15/h9-10,12,16H,2-8,11H2,1H3,(H,18,20)/t16-/m1/s1. The lowest BCUT2D eigenvalue weighted by Gasteiger charge is -2.35. The highest BCUT2D eigenvalue weighted by Crippen LogP contribution is 2.26. The van der Waals surface area contributed by atoms with Crippen molar-refractivity contribution in [1.29, 1.82) is 0 Å². The number of rotatable bonds is 2. The number of likely N-dealkylation sites (tertiary alicyclic amines) is 1. The van der Waals surface area contributed by atoms with Crippen molar-refractivity contribution in [2.75, 3.05) is 11.9 Å². The zero-order chi connectivity index (χ0) is 13.9. The van der Waals surface area contributed by atoms with Gasteiger partial charge in [0.2, 0.25) is 0 Å². The molecule has 2 amide bonds. The molecule has 0 aromatic heterocycles. The van der Waals surface area contributed by atoms with Gasteiger partial charge >= 0.3 is 6.03 Å². The second-order valence-electron chi connectivity index (χ2n) is 6.02. The normalized spacial score (nSPS) is 21.6. The van der Waals surface area contributed by atoms with Crippen LogP contribution in [-0.4, -0.2) is 23.5 Å². The SMILES string of the molecule is CC[C@@H]1CCCCN1C(=O)Nc1ccc2c(c1)CCC2. The highest BCUT2D eigenvalue weighted by atomic mass is 16.2. The van der Waals surface area contributed by atoms with Crippen molar-refractivity contribution in [1.82, 2.24) is 4.90 Å². The first-order valence-corrected chi connectivity index (χ1v) is 7.97. The van der Waals surface area contributed by atoms with E-state index in [4.69, 9.17) is 0 Å². The summed E-state index contributed by atoms with van der Waals surface area (Å²) in [5, 5.41) is 3.09. The second-order valence-corrected chi connectivity index (χ2v) is 6.02. The summed E-state index contributed by atoms with van der Waals surface area (Å²) >= 11 is 0. The number of carbonyl (C=O) groups excluding carboxylic acids is 1. The summed E-state index contributed by atoms with van der Waals surface area (Å²) in [6.45, 7) is 3.07. The number of nitrogens with one attached hydrogen (secondary N) is 1. The van der Waals surface area contributed by atoms with E-state index in [0.29, 0.717) is 6.04 Å². The van der Waals surface area contributed by atoms with E-state index in [1.165, 1.54) is 30.4 Å². The number of nitrogens with zero attached hydrogens (tertiary/aromatic N) is 1. The molecule has 1 aromatic rings. The molecule has 1 aliphatic heterocycles. The van der Waals surface area contributed by atoms with Gasteiger partial charge in [0.05, 0.1) is 0 Å². The van der Waals surface area contributed by atoms with E-state index in [1.54, 1.807) is 0 Å². The lowest BCUT2D eigenvalue weighted by Crippen LogP contribution is -2.45. The van der Waals surface area contributed by atoms with Crippen molar-refractivity contribution in [2.45, 2.75) is 57.9 Å². The molecule has 0 saturated carbocycles. The van der Waals surface area contributed by atoms with E-state index in [1.807, 2.05) is 11.0 Å².